The molecule has 1 amide bonds. The van der Waals surface area contributed by atoms with Gasteiger partial charge in [-0.1, -0.05) is 6.07 Å². The molecule has 0 atom stereocenters. The number of benzene rings is 2. The van der Waals surface area contributed by atoms with Crippen LogP contribution in [0.15, 0.2) is 40.9 Å². The highest BCUT2D eigenvalue weighted by Gasteiger charge is 2.14. The van der Waals surface area contributed by atoms with E-state index in [4.69, 9.17) is 5.11 Å². The van der Waals surface area contributed by atoms with E-state index in [2.05, 4.69) is 21.2 Å². The van der Waals surface area contributed by atoms with Gasteiger partial charge < -0.3 is 10.4 Å². The molecule has 21 heavy (non-hydrogen) atoms. The van der Waals surface area contributed by atoms with E-state index < -0.39 is 23.5 Å². The molecule has 0 fully saturated rings. The molecule has 2 rings (SSSR count). The van der Waals surface area contributed by atoms with Gasteiger partial charge in [-0.05, 0) is 40.2 Å². The first-order valence-corrected chi connectivity index (χ1v) is 6.47. The smallest absolute Gasteiger partial charge is 0.335 e. The van der Waals surface area contributed by atoms with Crippen LogP contribution in [0.1, 0.15) is 20.7 Å². The van der Waals surface area contributed by atoms with E-state index in [0.717, 1.165) is 12.1 Å². The zero-order chi connectivity index (χ0) is 15.6. The fourth-order valence-corrected chi connectivity index (χ4v) is 1.95. The van der Waals surface area contributed by atoms with Crippen molar-refractivity contribution in [2.24, 2.45) is 0 Å². The maximum atomic E-state index is 13.5. The molecule has 0 aliphatic rings. The molecule has 2 aromatic rings. The highest BCUT2D eigenvalue weighted by Crippen LogP contribution is 2.24. The SMILES string of the molecule is O=C(O)c1cccc(C(=O)Nc2cc(Br)c(F)cc2F)c1. The van der Waals surface area contributed by atoms with Crippen LogP contribution in [-0.2, 0) is 0 Å². The topological polar surface area (TPSA) is 66.4 Å². The monoisotopic (exact) mass is 355 g/mol. The van der Waals surface area contributed by atoms with Crippen molar-refractivity contribution in [3.63, 3.8) is 0 Å². The maximum Gasteiger partial charge on any atom is 0.335 e. The van der Waals surface area contributed by atoms with E-state index >= 15 is 0 Å². The Bertz CT molecular complexity index is 734. The predicted octanol–water partition coefficient (Wildman–Crippen LogP) is 3.68. The largest absolute Gasteiger partial charge is 0.478 e. The highest BCUT2D eigenvalue weighted by molar-refractivity contribution is 9.10. The molecule has 0 spiro atoms. The molecule has 0 aromatic heterocycles. The maximum absolute atomic E-state index is 13.5. The van der Waals surface area contributed by atoms with Crippen LogP contribution in [0.3, 0.4) is 0 Å². The quantitative estimate of drug-likeness (QED) is 0.825. The van der Waals surface area contributed by atoms with Gasteiger partial charge in [-0.3, -0.25) is 4.79 Å². The van der Waals surface area contributed by atoms with Gasteiger partial charge in [0.1, 0.15) is 11.6 Å². The van der Waals surface area contributed by atoms with E-state index in [1.165, 1.54) is 18.2 Å². The first-order valence-electron chi connectivity index (χ1n) is 5.67. The molecule has 108 valence electrons. The molecule has 0 unspecified atom stereocenters. The summed E-state index contributed by atoms with van der Waals surface area (Å²) in [6.07, 6.45) is 0. The Hall–Kier alpha value is -2.28. The number of halogens is 3. The molecule has 0 bridgehead atoms. The van der Waals surface area contributed by atoms with E-state index in [1.807, 2.05) is 0 Å². The number of aromatic carboxylic acids is 1. The summed E-state index contributed by atoms with van der Waals surface area (Å²) in [5.41, 5.74) is -0.229. The predicted molar refractivity (Wildman–Crippen MR) is 75.4 cm³/mol. The minimum absolute atomic E-state index is 0.00140. The van der Waals surface area contributed by atoms with Gasteiger partial charge in [0.05, 0.1) is 15.7 Å². The van der Waals surface area contributed by atoms with Crippen LogP contribution >= 0.6 is 15.9 Å². The highest BCUT2D eigenvalue weighted by atomic mass is 79.9. The molecule has 2 aromatic carbocycles. The molecule has 0 radical (unpaired) electrons. The third kappa shape index (κ3) is 3.43. The molecule has 7 heteroatoms. The van der Waals surface area contributed by atoms with E-state index in [-0.39, 0.29) is 21.3 Å². The summed E-state index contributed by atoms with van der Waals surface area (Å²) in [6, 6.07) is 6.99. The van der Waals surface area contributed by atoms with Crippen molar-refractivity contribution in [3.05, 3.63) is 63.6 Å². The van der Waals surface area contributed by atoms with Crippen molar-refractivity contribution in [1.29, 1.82) is 0 Å². The Kier molecular flexibility index (Phi) is 4.32. The number of anilines is 1. The van der Waals surface area contributed by atoms with Crippen molar-refractivity contribution in [2.75, 3.05) is 5.32 Å². The van der Waals surface area contributed by atoms with Crippen molar-refractivity contribution in [2.45, 2.75) is 0 Å². The van der Waals surface area contributed by atoms with Gasteiger partial charge in [0.15, 0.2) is 0 Å². The number of carboxylic acids is 1. The molecule has 0 heterocycles. The normalized spacial score (nSPS) is 10.2. The second kappa shape index (κ2) is 6.01. The molecular formula is C14H8BrF2NO3. The van der Waals surface area contributed by atoms with Crippen LogP contribution in [0.25, 0.3) is 0 Å². The van der Waals surface area contributed by atoms with Gasteiger partial charge in [-0.2, -0.15) is 0 Å². The van der Waals surface area contributed by atoms with Gasteiger partial charge in [-0.25, -0.2) is 13.6 Å². The lowest BCUT2D eigenvalue weighted by Gasteiger charge is -2.08. The first kappa shape index (κ1) is 15.1. The number of amides is 1. The molecule has 0 saturated carbocycles. The summed E-state index contributed by atoms with van der Waals surface area (Å²) in [6.45, 7) is 0. The lowest BCUT2D eigenvalue weighted by molar-refractivity contribution is 0.0697. The average Bonchev–Trinajstić information content (AvgIpc) is 2.44. The first-order chi connectivity index (χ1) is 9.88. The van der Waals surface area contributed by atoms with E-state index in [9.17, 15) is 18.4 Å². The Balaban J connectivity index is 2.28. The Morgan fingerprint density at radius 2 is 1.71 bits per heavy atom. The van der Waals surface area contributed by atoms with Gasteiger partial charge in [0.25, 0.3) is 5.91 Å². The minimum Gasteiger partial charge on any atom is -0.478 e. The molecule has 2 N–H and O–H groups in total. The number of carbonyl (C=O) groups is 2. The third-order valence-electron chi connectivity index (χ3n) is 2.63. The standard InChI is InChI=1S/C14H8BrF2NO3/c15-9-5-12(11(17)6-10(9)16)18-13(19)7-2-1-3-8(4-7)14(20)21/h1-6H,(H,18,19)(H,20,21). The van der Waals surface area contributed by atoms with Gasteiger partial charge in [0, 0.05) is 11.6 Å². The molecular weight excluding hydrogens is 348 g/mol. The number of carbonyl (C=O) groups excluding carboxylic acids is 1. The summed E-state index contributed by atoms with van der Waals surface area (Å²) >= 11 is 2.89. The summed E-state index contributed by atoms with van der Waals surface area (Å²) in [5.74, 6) is -3.60. The third-order valence-corrected chi connectivity index (χ3v) is 3.24. The van der Waals surface area contributed by atoms with Crippen LogP contribution in [0.2, 0.25) is 0 Å². The van der Waals surface area contributed by atoms with Gasteiger partial charge in [0.2, 0.25) is 0 Å². The fraction of sp³-hybridized carbons (Fsp3) is 0. The van der Waals surface area contributed by atoms with Crippen molar-refractivity contribution >= 4 is 33.5 Å². The van der Waals surface area contributed by atoms with Crippen molar-refractivity contribution in [1.82, 2.24) is 0 Å². The van der Waals surface area contributed by atoms with Crippen LogP contribution in [0.4, 0.5) is 14.5 Å². The van der Waals surface area contributed by atoms with Crippen LogP contribution in [0.5, 0.6) is 0 Å². The van der Waals surface area contributed by atoms with E-state index in [0.29, 0.717) is 6.07 Å². The van der Waals surface area contributed by atoms with Crippen LogP contribution in [-0.4, -0.2) is 17.0 Å². The number of hydrogen-bond acceptors (Lipinski definition) is 2. The van der Waals surface area contributed by atoms with Crippen LogP contribution in [0, 0.1) is 11.6 Å². The molecule has 0 aliphatic carbocycles. The van der Waals surface area contributed by atoms with E-state index in [1.54, 1.807) is 0 Å². The summed E-state index contributed by atoms with van der Waals surface area (Å²) in [4.78, 5) is 22.8. The van der Waals surface area contributed by atoms with Gasteiger partial charge >= 0.3 is 5.97 Å². The number of hydrogen-bond donors (Lipinski definition) is 2. The molecule has 4 nitrogen and oxygen atoms in total. The lowest BCUT2D eigenvalue weighted by atomic mass is 10.1. The number of carboxylic acid groups (broad SMARTS) is 1. The lowest BCUT2D eigenvalue weighted by Crippen LogP contribution is -2.14. The summed E-state index contributed by atoms with van der Waals surface area (Å²) in [7, 11) is 0. The summed E-state index contributed by atoms with van der Waals surface area (Å²) < 4.78 is 26.6. The number of rotatable bonds is 3. The second-order valence-corrected chi connectivity index (χ2v) is 4.94. The Labute approximate surface area is 126 Å². The minimum atomic E-state index is -1.18. The van der Waals surface area contributed by atoms with Gasteiger partial charge in [-0.15, -0.1) is 0 Å². The zero-order valence-electron chi connectivity index (χ0n) is 10.4. The fourth-order valence-electron chi connectivity index (χ4n) is 1.61. The second-order valence-electron chi connectivity index (χ2n) is 4.09. The zero-order valence-corrected chi connectivity index (χ0v) is 11.9. The summed E-state index contributed by atoms with van der Waals surface area (Å²) in [5, 5.41) is 11.1. The van der Waals surface area contributed by atoms with Crippen molar-refractivity contribution < 1.29 is 23.5 Å². The Morgan fingerprint density at radius 1 is 1.05 bits per heavy atom. The number of nitrogens with one attached hydrogen (secondary N) is 1. The molecule has 0 aliphatic heterocycles. The Morgan fingerprint density at radius 3 is 2.38 bits per heavy atom. The molecule has 0 saturated heterocycles. The van der Waals surface area contributed by atoms with Crippen LogP contribution < -0.4 is 5.32 Å². The average molecular weight is 356 g/mol. The van der Waals surface area contributed by atoms with Crippen molar-refractivity contribution in [3.8, 4) is 0 Å².